The molecule has 1 saturated carbocycles. The summed E-state index contributed by atoms with van der Waals surface area (Å²) in [6, 6.07) is 7.16. The Morgan fingerprint density at radius 3 is 2.32 bits per heavy atom. The van der Waals surface area contributed by atoms with Crippen molar-refractivity contribution in [3.05, 3.63) is 58.1 Å². The van der Waals surface area contributed by atoms with E-state index in [1.54, 1.807) is 11.0 Å². The largest absolute Gasteiger partial charge is 0.390 e. The van der Waals surface area contributed by atoms with Gasteiger partial charge in [0.1, 0.15) is 0 Å². The number of anilines is 2. The van der Waals surface area contributed by atoms with Crippen molar-refractivity contribution in [1.29, 1.82) is 0 Å². The minimum Gasteiger partial charge on any atom is -0.367 e. The van der Waals surface area contributed by atoms with Crippen molar-refractivity contribution < 1.29 is 31.5 Å². The Morgan fingerprint density at radius 2 is 1.66 bits per heavy atom. The number of nitrogens with two attached hydrogens (primary N) is 1. The minimum atomic E-state index is -4.23. The van der Waals surface area contributed by atoms with Crippen LogP contribution in [0.25, 0.3) is 0 Å². The fourth-order valence-electron chi connectivity index (χ4n) is 5.17. The number of nitrogens with zero attached hydrogens (tertiary/aromatic N) is 2. The van der Waals surface area contributed by atoms with Crippen LogP contribution < -0.4 is 21.3 Å². The van der Waals surface area contributed by atoms with Crippen molar-refractivity contribution >= 4 is 34.8 Å². The second-order valence-corrected chi connectivity index (χ2v) is 11.0. The van der Waals surface area contributed by atoms with E-state index in [0.29, 0.717) is 55.4 Å². The number of carbonyl (C=O) groups excluding carboxylic acids is 2. The highest BCUT2D eigenvalue weighted by atomic mass is 35.5. The molecule has 13 heteroatoms. The first kappa shape index (κ1) is 31.0. The molecule has 2 fully saturated rings. The van der Waals surface area contributed by atoms with Gasteiger partial charge >= 0.3 is 6.18 Å². The van der Waals surface area contributed by atoms with Crippen LogP contribution in [0.4, 0.5) is 33.3 Å². The zero-order chi connectivity index (χ0) is 29.7. The van der Waals surface area contributed by atoms with E-state index in [-0.39, 0.29) is 36.5 Å². The van der Waals surface area contributed by atoms with E-state index < -0.39 is 35.7 Å². The maximum absolute atomic E-state index is 15.0. The lowest BCUT2D eigenvalue weighted by Crippen LogP contribution is -2.47. The molecular weight excluding hydrogens is 569 g/mol. The van der Waals surface area contributed by atoms with Crippen LogP contribution in [0.3, 0.4) is 0 Å². The van der Waals surface area contributed by atoms with Crippen LogP contribution in [-0.4, -0.2) is 61.7 Å². The summed E-state index contributed by atoms with van der Waals surface area (Å²) in [7, 11) is 0. The molecule has 1 aliphatic carbocycles. The van der Waals surface area contributed by atoms with Crippen LogP contribution in [0.2, 0.25) is 5.02 Å². The zero-order valence-electron chi connectivity index (χ0n) is 22.4. The molecule has 2 aliphatic rings. The van der Waals surface area contributed by atoms with Gasteiger partial charge in [-0.1, -0.05) is 17.7 Å². The van der Waals surface area contributed by atoms with Gasteiger partial charge < -0.3 is 21.3 Å². The second kappa shape index (κ2) is 13.3. The standard InChI is InChI=1S/C28H33ClF5N5O2/c29-19-4-8-22(23(15-19)39-13-11-38(12-14-39)10-9-28(32,33)34)37-27(41)21-7-3-18(24(30)25(21)31)16-36-26(40)17-1-5-20(35)6-2-17/h3-4,7-8,15,17,20H,1-2,5-6,9-14,16,35H2,(H,36,40)(H,37,41)/t17-,20-. The third-order valence-corrected chi connectivity index (χ3v) is 7.87. The highest BCUT2D eigenvalue weighted by Crippen LogP contribution is 2.32. The lowest BCUT2D eigenvalue weighted by Gasteiger charge is -2.37. The summed E-state index contributed by atoms with van der Waals surface area (Å²) in [5, 5.41) is 5.62. The molecule has 2 aromatic carbocycles. The van der Waals surface area contributed by atoms with Crippen molar-refractivity contribution in [2.45, 2.75) is 50.9 Å². The number of alkyl halides is 3. The Kier molecular flexibility index (Phi) is 10.1. The molecule has 224 valence electrons. The molecule has 2 aromatic rings. The molecule has 0 spiro atoms. The number of halogens is 6. The van der Waals surface area contributed by atoms with Crippen LogP contribution in [0, 0.1) is 17.6 Å². The van der Waals surface area contributed by atoms with Crippen molar-refractivity contribution in [3.8, 4) is 0 Å². The van der Waals surface area contributed by atoms with Gasteiger partial charge in [0.2, 0.25) is 5.91 Å². The first-order valence-corrected chi connectivity index (χ1v) is 13.9. The number of carbonyl (C=O) groups is 2. The summed E-state index contributed by atoms with van der Waals surface area (Å²) in [5.41, 5.74) is 6.08. The van der Waals surface area contributed by atoms with E-state index in [1.807, 2.05) is 4.90 Å². The lowest BCUT2D eigenvalue weighted by molar-refractivity contribution is -0.138. The van der Waals surface area contributed by atoms with E-state index in [0.717, 1.165) is 18.9 Å². The number of hydrogen-bond donors (Lipinski definition) is 3. The maximum Gasteiger partial charge on any atom is 0.390 e. The van der Waals surface area contributed by atoms with Crippen molar-refractivity contribution in [1.82, 2.24) is 10.2 Å². The molecule has 4 rings (SSSR count). The van der Waals surface area contributed by atoms with Crippen LogP contribution in [-0.2, 0) is 11.3 Å². The molecule has 0 unspecified atom stereocenters. The quantitative estimate of drug-likeness (QED) is 0.367. The third kappa shape index (κ3) is 8.30. The monoisotopic (exact) mass is 601 g/mol. The van der Waals surface area contributed by atoms with Gasteiger partial charge in [-0.05, 0) is 49.9 Å². The van der Waals surface area contributed by atoms with Crippen molar-refractivity contribution in [3.63, 3.8) is 0 Å². The lowest BCUT2D eigenvalue weighted by atomic mass is 9.86. The predicted octanol–water partition coefficient (Wildman–Crippen LogP) is 5.08. The van der Waals surface area contributed by atoms with Crippen molar-refractivity contribution in [2.75, 3.05) is 42.9 Å². The highest BCUT2D eigenvalue weighted by molar-refractivity contribution is 6.31. The van der Waals surface area contributed by atoms with E-state index in [1.165, 1.54) is 18.2 Å². The van der Waals surface area contributed by atoms with E-state index in [9.17, 15) is 31.5 Å². The molecule has 1 heterocycles. The summed E-state index contributed by atoms with van der Waals surface area (Å²) in [6.07, 6.45) is -2.37. The minimum absolute atomic E-state index is 0.0788. The smallest absolute Gasteiger partial charge is 0.367 e. The van der Waals surface area contributed by atoms with E-state index in [2.05, 4.69) is 10.6 Å². The average molecular weight is 602 g/mol. The SMILES string of the molecule is N[C@H]1CC[C@H](C(=O)NCc2ccc(C(=O)Nc3ccc(Cl)cc3N3CCN(CCC(F)(F)F)CC3)c(F)c2F)CC1. The number of amides is 2. The average Bonchev–Trinajstić information content (AvgIpc) is 2.93. The van der Waals surface area contributed by atoms with Gasteiger partial charge in [0.05, 0.1) is 23.4 Å². The third-order valence-electron chi connectivity index (χ3n) is 7.64. The molecule has 1 aliphatic heterocycles. The number of benzene rings is 2. The molecule has 2 amide bonds. The fraction of sp³-hybridized carbons (Fsp3) is 0.500. The summed E-state index contributed by atoms with van der Waals surface area (Å²) < 4.78 is 67.6. The Bertz CT molecular complexity index is 1250. The fourth-order valence-corrected chi connectivity index (χ4v) is 5.33. The number of piperazine rings is 1. The van der Waals surface area contributed by atoms with Gasteiger partial charge in [0.25, 0.3) is 5.91 Å². The summed E-state index contributed by atoms with van der Waals surface area (Å²) in [6.45, 7) is 1.21. The van der Waals surface area contributed by atoms with Gasteiger partial charge in [0.15, 0.2) is 11.6 Å². The molecule has 0 aromatic heterocycles. The van der Waals surface area contributed by atoms with Gasteiger partial charge in [-0.3, -0.25) is 14.5 Å². The van der Waals surface area contributed by atoms with Crippen molar-refractivity contribution in [2.24, 2.45) is 11.7 Å². The summed E-state index contributed by atoms with van der Waals surface area (Å²) in [4.78, 5) is 29.0. The topological polar surface area (TPSA) is 90.7 Å². The van der Waals surface area contributed by atoms with Crippen LogP contribution in [0.1, 0.15) is 48.0 Å². The molecular formula is C28H33ClF5N5O2. The van der Waals surface area contributed by atoms with E-state index in [4.69, 9.17) is 17.3 Å². The summed E-state index contributed by atoms with van der Waals surface area (Å²) in [5.74, 6) is -3.91. The molecule has 0 atom stereocenters. The van der Waals surface area contributed by atoms with Gasteiger partial charge in [0, 0.05) is 61.8 Å². The zero-order valence-corrected chi connectivity index (χ0v) is 23.1. The van der Waals surface area contributed by atoms with Gasteiger partial charge in [-0.25, -0.2) is 8.78 Å². The molecule has 4 N–H and O–H groups in total. The van der Waals surface area contributed by atoms with Crippen LogP contribution >= 0.6 is 11.6 Å². The second-order valence-electron chi connectivity index (χ2n) is 10.5. The first-order chi connectivity index (χ1) is 19.4. The normalized spacial score (nSPS) is 20.1. The number of rotatable bonds is 8. The molecule has 41 heavy (non-hydrogen) atoms. The Labute approximate surface area is 240 Å². The molecule has 7 nitrogen and oxygen atoms in total. The van der Waals surface area contributed by atoms with Gasteiger partial charge in [-0.15, -0.1) is 0 Å². The Hall–Kier alpha value is -2.96. The first-order valence-electron chi connectivity index (χ1n) is 13.6. The molecule has 0 bridgehead atoms. The molecule has 1 saturated heterocycles. The van der Waals surface area contributed by atoms with E-state index >= 15 is 0 Å². The Morgan fingerprint density at radius 1 is 0.976 bits per heavy atom. The maximum atomic E-state index is 15.0. The van der Waals surface area contributed by atoms with Crippen LogP contribution in [0.15, 0.2) is 30.3 Å². The molecule has 0 radical (unpaired) electrons. The van der Waals surface area contributed by atoms with Gasteiger partial charge in [-0.2, -0.15) is 13.2 Å². The Balaban J connectivity index is 1.39. The number of hydrogen-bond acceptors (Lipinski definition) is 5. The highest BCUT2D eigenvalue weighted by Gasteiger charge is 2.30. The number of nitrogens with one attached hydrogen (secondary N) is 2. The summed E-state index contributed by atoms with van der Waals surface area (Å²) >= 11 is 6.17. The predicted molar refractivity (Wildman–Crippen MR) is 147 cm³/mol. The van der Waals surface area contributed by atoms with Crippen LogP contribution in [0.5, 0.6) is 0 Å².